The fourth-order valence-electron chi connectivity index (χ4n) is 2.12. The van der Waals surface area contributed by atoms with E-state index in [1.54, 1.807) is 16.8 Å². The van der Waals surface area contributed by atoms with Crippen molar-refractivity contribution in [1.82, 2.24) is 35.1 Å². The van der Waals surface area contributed by atoms with Crippen LogP contribution in [0.5, 0.6) is 5.75 Å². The Bertz CT molecular complexity index is 835. The van der Waals surface area contributed by atoms with Crippen LogP contribution >= 0.6 is 11.8 Å². The number of rotatable bonds is 9. The lowest BCUT2D eigenvalue weighted by atomic mass is 10.3. The molecule has 2 N–H and O–H groups in total. The largest absolute Gasteiger partial charge is 0.486 e. The lowest BCUT2D eigenvalue weighted by Gasteiger charge is -2.06. The molecule has 2 heterocycles. The lowest BCUT2D eigenvalue weighted by molar-refractivity contribution is 0.291. The number of unbranched alkanes of at least 4 members (excludes halogenated alkanes) is 1. The molecule has 0 aliphatic heterocycles. The van der Waals surface area contributed by atoms with Crippen LogP contribution in [-0.2, 0) is 18.9 Å². The van der Waals surface area contributed by atoms with Crippen LogP contribution in [0.1, 0.15) is 31.4 Å². The van der Waals surface area contributed by atoms with E-state index in [0.717, 1.165) is 25.2 Å². The molecule has 0 fully saturated rings. The van der Waals surface area contributed by atoms with Crippen LogP contribution in [0.4, 0.5) is 4.39 Å². The first kappa shape index (κ1) is 18.1. The molecule has 0 atom stereocenters. The van der Waals surface area contributed by atoms with Crippen molar-refractivity contribution < 1.29 is 9.13 Å². The number of nitrogens with zero attached hydrogens (tertiary/aromatic N) is 7. The van der Waals surface area contributed by atoms with E-state index in [1.165, 1.54) is 28.6 Å². The fraction of sp³-hybridized carbons (Fsp3) is 0.400. The van der Waals surface area contributed by atoms with Gasteiger partial charge in [0, 0.05) is 6.54 Å². The summed E-state index contributed by atoms with van der Waals surface area (Å²) in [5.41, 5.74) is 0. The van der Waals surface area contributed by atoms with E-state index in [1.807, 2.05) is 0 Å². The summed E-state index contributed by atoms with van der Waals surface area (Å²) in [6, 6.07) is 5.73. The molecule has 26 heavy (non-hydrogen) atoms. The van der Waals surface area contributed by atoms with Gasteiger partial charge in [0.2, 0.25) is 5.16 Å². The number of aromatic nitrogens is 7. The molecule has 11 heteroatoms. The van der Waals surface area contributed by atoms with Gasteiger partial charge in [-0.2, -0.15) is 0 Å². The van der Waals surface area contributed by atoms with E-state index in [0.29, 0.717) is 22.5 Å². The van der Waals surface area contributed by atoms with Crippen molar-refractivity contribution >= 4 is 11.8 Å². The summed E-state index contributed by atoms with van der Waals surface area (Å²) in [7, 11) is 0. The molecule has 3 rings (SSSR count). The molecule has 0 spiro atoms. The maximum atomic E-state index is 12.9. The molecular formula is C15H19FN8OS. The van der Waals surface area contributed by atoms with Crippen LogP contribution in [0.25, 0.3) is 0 Å². The number of ether oxygens (including phenoxy) is 1. The number of nitrogens with two attached hydrogens (primary N) is 1. The van der Waals surface area contributed by atoms with Gasteiger partial charge in [-0.25, -0.2) is 13.7 Å². The molecule has 3 aromatic rings. The molecule has 0 saturated carbocycles. The van der Waals surface area contributed by atoms with Crippen molar-refractivity contribution in [2.24, 2.45) is 0 Å². The maximum Gasteiger partial charge on any atom is 0.210 e. The minimum atomic E-state index is -0.320. The Kier molecular flexibility index (Phi) is 6.00. The average Bonchev–Trinajstić information content (AvgIpc) is 3.24. The molecule has 138 valence electrons. The molecule has 1 aromatic carbocycles. The zero-order valence-electron chi connectivity index (χ0n) is 14.2. The van der Waals surface area contributed by atoms with Gasteiger partial charge in [0.1, 0.15) is 18.2 Å². The van der Waals surface area contributed by atoms with Crippen molar-refractivity contribution in [3.05, 3.63) is 41.7 Å². The number of benzene rings is 1. The monoisotopic (exact) mass is 378 g/mol. The summed E-state index contributed by atoms with van der Waals surface area (Å²) < 4.78 is 21.6. The van der Waals surface area contributed by atoms with E-state index in [2.05, 4.69) is 32.6 Å². The van der Waals surface area contributed by atoms with Gasteiger partial charge < -0.3 is 10.6 Å². The summed E-state index contributed by atoms with van der Waals surface area (Å²) in [6.07, 6.45) is 2.08. The number of aryl methyl sites for hydroxylation is 1. The van der Waals surface area contributed by atoms with Crippen molar-refractivity contribution in [2.75, 3.05) is 5.84 Å². The van der Waals surface area contributed by atoms with Crippen molar-refractivity contribution in [2.45, 2.75) is 43.8 Å². The number of nitrogen functional groups attached to an aromatic ring is 1. The van der Waals surface area contributed by atoms with Gasteiger partial charge in [-0.1, -0.05) is 25.1 Å². The van der Waals surface area contributed by atoms with Crippen LogP contribution in [0.3, 0.4) is 0 Å². The third-order valence-corrected chi connectivity index (χ3v) is 4.52. The van der Waals surface area contributed by atoms with E-state index in [4.69, 9.17) is 10.6 Å². The number of thioether (sulfide) groups is 1. The highest BCUT2D eigenvalue weighted by atomic mass is 32.2. The number of tetrazole rings is 1. The summed E-state index contributed by atoms with van der Waals surface area (Å²) >= 11 is 1.39. The van der Waals surface area contributed by atoms with Gasteiger partial charge in [0.15, 0.2) is 11.6 Å². The molecule has 9 nitrogen and oxygen atoms in total. The number of hydrogen-bond acceptors (Lipinski definition) is 8. The van der Waals surface area contributed by atoms with Gasteiger partial charge in [0.05, 0.1) is 5.75 Å². The Morgan fingerprint density at radius 3 is 2.73 bits per heavy atom. The Morgan fingerprint density at radius 2 is 1.96 bits per heavy atom. The van der Waals surface area contributed by atoms with E-state index < -0.39 is 0 Å². The van der Waals surface area contributed by atoms with E-state index in [-0.39, 0.29) is 12.4 Å². The van der Waals surface area contributed by atoms with Crippen molar-refractivity contribution in [3.8, 4) is 5.75 Å². The minimum absolute atomic E-state index is 0.129. The summed E-state index contributed by atoms with van der Waals surface area (Å²) in [5, 5.41) is 20.4. The number of halogens is 1. The predicted octanol–water partition coefficient (Wildman–Crippen LogP) is 1.79. The van der Waals surface area contributed by atoms with Gasteiger partial charge in [-0.3, -0.25) is 0 Å². The SMILES string of the molecule is CCCCn1nnnc1CSc1nnc(COc2ccc(F)cc2)n1N. The van der Waals surface area contributed by atoms with Crippen LogP contribution in [-0.4, -0.2) is 35.1 Å². The fourth-order valence-corrected chi connectivity index (χ4v) is 2.93. The summed E-state index contributed by atoms with van der Waals surface area (Å²) in [4.78, 5) is 0. The molecular weight excluding hydrogens is 359 g/mol. The molecule has 0 bridgehead atoms. The highest BCUT2D eigenvalue weighted by Crippen LogP contribution is 2.20. The zero-order chi connectivity index (χ0) is 18.4. The molecule has 0 amide bonds. The van der Waals surface area contributed by atoms with Gasteiger partial charge in [-0.15, -0.1) is 15.3 Å². The third-order valence-electron chi connectivity index (χ3n) is 3.58. The van der Waals surface area contributed by atoms with Crippen LogP contribution < -0.4 is 10.6 Å². The predicted molar refractivity (Wildman–Crippen MR) is 93.2 cm³/mol. The second-order valence-electron chi connectivity index (χ2n) is 5.47. The molecule has 0 radical (unpaired) electrons. The summed E-state index contributed by atoms with van der Waals surface area (Å²) in [6.45, 7) is 3.03. The Labute approximate surface area is 153 Å². The normalized spacial score (nSPS) is 11.0. The molecule has 0 aliphatic rings. The van der Waals surface area contributed by atoms with Crippen molar-refractivity contribution in [1.29, 1.82) is 0 Å². The lowest BCUT2D eigenvalue weighted by Crippen LogP contribution is -2.16. The zero-order valence-corrected chi connectivity index (χ0v) is 15.1. The average molecular weight is 378 g/mol. The van der Waals surface area contributed by atoms with Crippen molar-refractivity contribution in [3.63, 3.8) is 0 Å². The Morgan fingerprint density at radius 1 is 1.15 bits per heavy atom. The quantitative estimate of drug-likeness (QED) is 0.443. The van der Waals surface area contributed by atoms with Crippen LogP contribution in [0.2, 0.25) is 0 Å². The topological polar surface area (TPSA) is 110 Å². The molecule has 0 saturated heterocycles. The first-order chi connectivity index (χ1) is 12.7. The van der Waals surface area contributed by atoms with E-state index in [9.17, 15) is 4.39 Å². The smallest absolute Gasteiger partial charge is 0.210 e. The molecule has 2 aromatic heterocycles. The molecule has 0 unspecified atom stereocenters. The van der Waals surface area contributed by atoms with Crippen LogP contribution in [0, 0.1) is 5.82 Å². The third kappa shape index (κ3) is 4.48. The van der Waals surface area contributed by atoms with Crippen LogP contribution in [0.15, 0.2) is 29.4 Å². The number of hydrogen-bond donors (Lipinski definition) is 1. The Balaban J connectivity index is 1.57. The molecule has 0 aliphatic carbocycles. The first-order valence-corrected chi connectivity index (χ1v) is 9.11. The van der Waals surface area contributed by atoms with Gasteiger partial charge >= 0.3 is 0 Å². The maximum absolute atomic E-state index is 12.9. The highest BCUT2D eigenvalue weighted by molar-refractivity contribution is 7.98. The summed E-state index contributed by atoms with van der Waals surface area (Å²) in [5.74, 6) is 7.98. The standard InChI is InChI=1S/C15H19FN8OS/c1-2-3-8-23-14(19-21-22-23)10-26-15-20-18-13(24(15)17)9-25-12-6-4-11(16)5-7-12/h4-7H,2-3,8-10,17H2,1H3. The Hall–Kier alpha value is -2.69. The highest BCUT2D eigenvalue weighted by Gasteiger charge is 2.13. The second-order valence-corrected chi connectivity index (χ2v) is 6.41. The minimum Gasteiger partial charge on any atom is -0.486 e. The van der Waals surface area contributed by atoms with Gasteiger partial charge in [-0.05, 0) is 41.1 Å². The van der Waals surface area contributed by atoms with Gasteiger partial charge in [0.25, 0.3) is 0 Å². The first-order valence-electron chi connectivity index (χ1n) is 8.13. The van der Waals surface area contributed by atoms with E-state index >= 15 is 0 Å². The second kappa shape index (κ2) is 8.61.